The van der Waals surface area contributed by atoms with Gasteiger partial charge in [0.15, 0.2) is 0 Å². The van der Waals surface area contributed by atoms with Gasteiger partial charge in [0.1, 0.15) is 11.4 Å². The highest BCUT2D eigenvalue weighted by atomic mass is 32.2. The second kappa shape index (κ2) is 7.73. The lowest BCUT2D eigenvalue weighted by Gasteiger charge is -2.42. The molecule has 1 aromatic heterocycles. The summed E-state index contributed by atoms with van der Waals surface area (Å²) in [5.74, 6) is -2.21. The van der Waals surface area contributed by atoms with E-state index in [0.29, 0.717) is 11.4 Å². The lowest BCUT2D eigenvalue weighted by Crippen LogP contribution is -2.51. The molecule has 1 saturated heterocycles. The lowest BCUT2D eigenvalue weighted by atomic mass is 9.83. The number of nitrogens with one attached hydrogen (secondary N) is 1. The van der Waals surface area contributed by atoms with E-state index >= 15 is 0 Å². The van der Waals surface area contributed by atoms with Gasteiger partial charge in [0.2, 0.25) is 0 Å². The molecule has 0 spiro atoms. The summed E-state index contributed by atoms with van der Waals surface area (Å²) in [5.41, 5.74) is 0.122. The van der Waals surface area contributed by atoms with Gasteiger partial charge in [-0.25, -0.2) is 13.2 Å². The SMILES string of the molecule is COc1ccc(S(=O)(=O)Nc2ccc3n(c2=O)C[C@H]2C[C@@H]3CN(C(=O)C(=O)O)C2)cc1. The largest absolute Gasteiger partial charge is 0.497 e. The molecule has 1 fully saturated rings. The molecule has 164 valence electrons. The zero-order chi connectivity index (χ0) is 22.3. The minimum Gasteiger partial charge on any atom is -0.497 e. The third kappa shape index (κ3) is 3.88. The molecule has 0 aliphatic carbocycles. The molecule has 0 saturated carbocycles. The summed E-state index contributed by atoms with van der Waals surface area (Å²) in [5, 5.41) is 8.99. The number of benzene rings is 1. The third-order valence-corrected chi connectivity index (χ3v) is 7.07. The predicted octanol–water partition coefficient (Wildman–Crippen LogP) is 0.688. The molecule has 11 heteroatoms. The second-order valence-corrected chi connectivity index (χ2v) is 9.37. The first-order chi connectivity index (χ1) is 14.7. The Morgan fingerprint density at radius 3 is 2.45 bits per heavy atom. The molecule has 2 atom stereocenters. The van der Waals surface area contributed by atoms with Crippen molar-refractivity contribution in [2.75, 3.05) is 24.9 Å². The quantitative estimate of drug-likeness (QED) is 0.658. The molecule has 0 radical (unpaired) electrons. The number of anilines is 1. The highest BCUT2D eigenvalue weighted by Crippen LogP contribution is 2.35. The Hall–Kier alpha value is -3.34. The van der Waals surface area contributed by atoms with Crippen LogP contribution in [0.15, 0.2) is 46.1 Å². The van der Waals surface area contributed by atoms with E-state index in [9.17, 15) is 22.8 Å². The van der Waals surface area contributed by atoms with E-state index in [1.807, 2.05) is 0 Å². The van der Waals surface area contributed by atoms with Gasteiger partial charge in [-0.3, -0.25) is 14.3 Å². The van der Waals surface area contributed by atoms with Crippen molar-refractivity contribution in [3.05, 3.63) is 52.4 Å². The summed E-state index contributed by atoms with van der Waals surface area (Å²) >= 11 is 0. The standard InChI is InChI=1S/C20H21N3O7S/c1-30-14-2-4-15(5-3-14)31(28,29)21-16-6-7-17-13-8-12(10-23(17)18(16)24)9-22(11-13)19(25)20(26)27/h2-7,12-13,21H,8-11H2,1H3,(H,26,27)/t12-,13+/m0/s1. The minimum atomic E-state index is -3.97. The molecule has 2 bridgehead atoms. The highest BCUT2D eigenvalue weighted by Gasteiger charge is 2.38. The van der Waals surface area contributed by atoms with E-state index < -0.39 is 27.5 Å². The number of hydrogen-bond acceptors (Lipinski definition) is 6. The number of sulfonamides is 1. The van der Waals surface area contributed by atoms with Crippen LogP contribution in [-0.4, -0.2) is 55.1 Å². The van der Waals surface area contributed by atoms with Crippen LogP contribution in [0.2, 0.25) is 0 Å². The fraction of sp³-hybridized carbons (Fsp3) is 0.350. The molecule has 3 heterocycles. The van der Waals surface area contributed by atoms with Crippen LogP contribution in [0.5, 0.6) is 5.75 Å². The predicted molar refractivity (Wildman–Crippen MR) is 110 cm³/mol. The van der Waals surface area contributed by atoms with Crippen LogP contribution < -0.4 is 15.0 Å². The van der Waals surface area contributed by atoms with Crippen molar-refractivity contribution >= 4 is 27.6 Å². The smallest absolute Gasteiger partial charge is 0.394 e. The number of piperidine rings is 1. The van der Waals surface area contributed by atoms with Gasteiger partial charge >= 0.3 is 11.9 Å². The average molecular weight is 447 g/mol. The van der Waals surface area contributed by atoms with E-state index in [0.717, 1.165) is 6.42 Å². The van der Waals surface area contributed by atoms with E-state index in [-0.39, 0.29) is 42.1 Å². The minimum absolute atomic E-state index is 0.00452. The summed E-state index contributed by atoms with van der Waals surface area (Å²) in [6.45, 7) is 0.736. The van der Waals surface area contributed by atoms with Gasteiger partial charge in [0, 0.05) is 31.2 Å². The van der Waals surface area contributed by atoms with Gasteiger partial charge in [-0.2, -0.15) is 0 Å². The summed E-state index contributed by atoms with van der Waals surface area (Å²) in [6.07, 6.45) is 0.736. The van der Waals surface area contributed by atoms with Gasteiger partial charge in [0.25, 0.3) is 15.6 Å². The van der Waals surface area contributed by atoms with E-state index in [2.05, 4.69) is 4.72 Å². The summed E-state index contributed by atoms with van der Waals surface area (Å²) < 4.78 is 34.3. The number of nitrogens with zero attached hydrogens (tertiary/aromatic N) is 2. The number of methoxy groups -OCH3 is 1. The zero-order valence-electron chi connectivity index (χ0n) is 16.6. The van der Waals surface area contributed by atoms with Gasteiger partial charge < -0.3 is 19.3 Å². The molecule has 4 rings (SSSR count). The van der Waals surface area contributed by atoms with Crippen LogP contribution in [0.25, 0.3) is 0 Å². The first-order valence-electron chi connectivity index (χ1n) is 9.62. The topological polar surface area (TPSA) is 135 Å². The number of amides is 1. The Morgan fingerprint density at radius 2 is 1.81 bits per heavy atom. The number of rotatable bonds is 4. The molecule has 1 aromatic carbocycles. The number of likely N-dealkylation sites (tertiary alicyclic amines) is 1. The van der Waals surface area contributed by atoms with Crippen molar-refractivity contribution in [1.82, 2.24) is 9.47 Å². The first kappa shape index (κ1) is 20.9. The van der Waals surface area contributed by atoms with Crippen LogP contribution in [0, 0.1) is 5.92 Å². The highest BCUT2D eigenvalue weighted by molar-refractivity contribution is 7.92. The summed E-state index contributed by atoms with van der Waals surface area (Å²) in [4.78, 5) is 37.2. The normalized spacial score (nSPS) is 20.0. The third-order valence-electron chi connectivity index (χ3n) is 5.69. The molecular weight excluding hydrogens is 426 g/mol. The van der Waals surface area contributed by atoms with Crippen LogP contribution in [0.4, 0.5) is 5.69 Å². The summed E-state index contributed by atoms with van der Waals surface area (Å²) in [7, 11) is -2.50. The molecule has 2 N–H and O–H groups in total. The van der Waals surface area contributed by atoms with E-state index in [4.69, 9.17) is 9.84 Å². The number of aliphatic carboxylic acids is 1. The molecule has 31 heavy (non-hydrogen) atoms. The Balaban J connectivity index is 1.61. The Kier molecular flexibility index (Phi) is 5.21. The number of ether oxygens (including phenoxy) is 1. The maximum Gasteiger partial charge on any atom is 0.394 e. The average Bonchev–Trinajstić information content (AvgIpc) is 2.75. The van der Waals surface area contributed by atoms with Crippen molar-refractivity contribution in [3.8, 4) is 5.75 Å². The fourth-order valence-corrected chi connectivity index (χ4v) is 5.34. The fourth-order valence-electron chi connectivity index (χ4n) is 4.28. The number of carbonyl (C=O) groups is 2. The number of hydrogen-bond donors (Lipinski definition) is 2. The number of carbonyl (C=O) groups excluding carboxylic acids is 1. The van der Waals surface area contributed by atoms with E-state index in [1.165, 1.54) is 46.9 Å². The number of pyridine rings is 1. The van der Waals surface area contributed by atoms with Crippen molar-refractivity contribution in [2.24, 2.45) is 5.92 Å². The Morgan fingerprint density at radius 1 is 1.10 bits per heavy atom. The Bertz CT molecular complexity index is 1200. The maximum atomic E-state index is 13.0. The molecular formula is C20H21N3O7S. The van der Waals surface area contributed by atoms with Crippen LogP contribution in [0.3, 0.4) is 0 Å². The van der Waals surface area contributed by atoms with Crippen molar-refractivity contribution in [2.45, 2.75) is 23.8 Å². The molecule has 2 aliphatic rings. The molecule has 2 aliphatic heterocycles. The summed E-state index contributed by atoms with van der Waals surface area (Å²) in [6, 6.07) is 8.86. The van der Waals surface area contributed by atoms with Gasteiger partial charge in [-0.05, 0) is 48.7 Å². The van der Waals surface area contributed by atoms with Crippen LogP contribution in [0.1, 0.15) is 18.0 Å². The van der Waals surface area contributed by atoms with Gasteiger partial charge in [-0.15, -0.1) is 0 Å². The van der Waals surface area contributed by atoms with Crippen molar-refractivity contribution < 1.29 is 27.9 Å². The van der Waals surface area contributed by atoms with Crippen LogP contribution in [-0.2, 0) is 26.2 Å². The molecule has 1 amide bonds. The zero-order valence-corrected chi connectivity index (χ0v) is 17.5. The Labute approximate surface area is 178 Å². The molecule has 0 unspecified atom stereocenters. The monoisotopic (exact) mass is 447 g/mol. The first-order valence-corrected chi connectivity index (χ1v) is 11.1. The number of fused-ring (bicyclic) bond motifs is 4. The number of aromatic nitrogens is 1. The number of carboxylic acid groups (broad SMARTS) is 1. The molecule has 2 aromatic rings. The second-order valence-electron chi connectivity index (χ2n) is 7.68. The maximum absolute atomic E-state index is 13.0. The molecule has 10 nitrogen and oxygen atoms in total. The number of carboxylic acids is 1. The van der Waals surface area contributed by atoms with Gasteiger partial charge in [-0.1, -0.05) is 0 Å². The van der Waals surface area contributed by atoms with Crippen LogP contribution >= 0.6 is 0 Å². The van der Waals surface area contributed by atoms with E-state index in [1.54, 1.807) is 6.07 Å². The van der Waals surface area contributed by atoms with Crippen molar-refractivity contribution in [1.29, 1.82) is 0 Å². The lowest BCUT2D eigenvalue weighted by molar-refractivity contribution is -0.157. The van der Waals surface area contributed by atoms with Crippen molar-refractivity contribution in [3.63, 3.8) is 0 Å². The van der Waals surface area contributed by atoms with Gasteiger partial charge in [0.05, 0.1) is 12.0 Å².